The van der Waals surface area contributed by atoms with Gasteiger partial charge in [-0.3, -0.25) is 4.79 Å². The highest BCUT2D eigenvalue weighted by Gasteiger charge is 2.27. The van der Waals surface area contributed by atoms with E-state index in [0.29, 0.717) is 6.54 Å². The smallest absolute Gasteiger partial charge is 0.225 e. The van der Waals surface area contributed by atoms with Crippen LogP contribution in [-0.4, -0.2) is 40.5 Å². The summed E-state index contributed by atoms with van der Waals surface area (Å²) < 4.78 is 0. The molecule has 0 aliphatic carbocycles. The molecule has 1 unspecified atom stereocenters. The second-order valence-corrected chi connectivity index (χ2v) is 6.26. The van der Waals surface area contributed by atoms with Crippen molar-refractivity contribution in [2.75, 3.05) is 24.5 Å². The van der Waals surface area contributed by atoms with Crippen molar-refractivity contribution < 1.29 is 4.79 Å². The molecular weight excluding hydrogens is 316 g/mol. The highest BCUT2D eigenvalue weighted by molar-refractivity contribution is 6.10. The maximum absolute atomic E-state index is 12.2. The fraction of sp³-hybridized carbons (Fsp3) is 0.333. The Hall–Kier alpha value is -3.14. The number of carbonyl (C=O) groups excluding carboxylic acids is 1. The van der Waals surface area contributed by atoms with Gasteiger partial charge < -0.3 is 15.2 Å². The number of amides is 1. The van der Waals surface area contributed by atoms with Crippen molar-refractivity contribution in [1.82, 2.24) is 20.3 Å². The molecule has 3 aromatic heterocycles. The molecule has 0 aromatic carbocycles. The molecule has 4 rings (SSSR count). The average Bonchev–Trinajstić information content (AvgIpc) is 3.14. The van der Waals surface area contributed by atoms with Gasteiger partial charge in [-0.1, -0.05) is 0 Å². The van der Waals surface area contributed by atoms with Gasteiger partial charge >= 0.3 is 0 Å². The first-order chi connectivity index (χ1) is 12.3. The molecule has 2 N–H and O–H groups in total. The summed E-state index contributed by atoms with van der Waals surface area (Å²) in [6, 6.07) is 5.92. The fourth-order valence-corrected chi connectivity index (χ4v) is 3.55. The number of hydrogen-bond acceptors (Lipinski definition) is 5. The van der Waals surface area contributed by atoms with E-state index in [4.69, 9.17) is 5.26 Å². The topological polar surface area (TPSA) is 97.7 Å². The van der Waals surface area contributed by atoms with E-state index in [-0.39, 0.29) is 18.4 Å². The van der Waals surface area contributed by atoms with Crippen molar-refractivity contribution >= 4 is 33.5 Å². The molecule has 1 atom stereocenters. The Bertz CT molecular complexity index is 973. The van der Waals surface area contributed by atoms with Crippen LogP contribution in [0.4, 0.5) is 5.82 Å². The summed E-state index contributed by atoms with van der Waals surface area (Å²) in [7, 11) is 0. The van der Waals surface area contributed by atoms with Crippen LogP contribution in [0.15, 0.2) is 30.7 Å². The van der Waals surface area contributed by atoms with Gasteiger partial charge in [-0.25, -0.2) is 9.97 Å². The first-order valence-corrected chi connectivity index (χ1v) is 8.38. The SMILES string of the molecule is N#CCNC(=O)C1CCCN(c2nccc3cnc4[nH]ccc4c23)C1. The third-order valence-corrected chi connectivity index (χ3v) is 4.72. The Morgan fingerprint density at radius 3 is 3.24 bits per heavy atom. The van der Waals surface area contributed by atoms with Gasteiger partial charge in [0.25, 0.3) is 0 Å². The van der Waals surface area contributed by atoms with Crippen LogP contribution in [-0.2, 0) is 4.79 Å². The van der Waals surface area contributed by atoms with Crippen LogP contribution in [0.5, 0.6) is 0 Å². The Balaban J connectivity index is 1.70. The molecule has 7 heteroatoms. The van der Waals surface area contributed by atoms with E-state index in [2.05, 4.69) is 25.2 Å². The van der Waals surface area contributed by atoms with Crippen LogP contribution >= 0.6 is 0 Å². The lowest BCUT2D eigenvalue weighted by Gasteiger charge is -2.33. The minimum Gasteiger partial charge on any atom is -0.355 e. The van der Waals surface area contributed by atoms with Gasteiger partial charge in [-0.05, 0) is 25.0 Å². The highest BCUT2D eigenvalue weighted by atomic mass is 16.1. The van der Waals surface area contributed by atoms with E-state index in [0.717, 1.165) is 47.0 Å². The summed E-state index contributed by atoms with van der Waals surface area (Å²) in [6.45, 7) is 1.53. The summed E-state index contributed by atoms with van der Waals surface area (Å²) in [4.78, 5) is 26.6. The summed E-state index contributed by atoms with van der Waals surface area (Å²) in [5, 5.41) is 14.5. The molecule has 1 aliphatic rings. The van der Waals surface area contributed by atoms with Crippen LogP contribution in [0.1, 0.15) is 12.8 Å². The molecule has 0 spiro atoms. The number of carbonyl (C=O) groups is 1. The highest BCUT2D eigenvalue weighted by Crippen LogP contribution is 2.32. The van der Waals surface area contributed by atoms with E-state index < -0.39 is 0 Å². The van der Waals surface area contributed by atoms with Crippen molar-refractivity contribution in [3.8, 4) is 6.07 Å². The molecule has 25 heavy (non-hydrogen) atoms. The van der Waals surface area contributed by atoms with Gasteiger partial charge in [-0.2, -0.15) is 5.26 Å². The molecule has 4 heterocycles. The van der Waals surface area contributed by atoms with Crippen LogP contribution in [0.25, 0.3) is 21.8 Å². The monoisotopic (exact) mass is 334 g/mol. The van der Waals surface area contributed by atoms with Gasteiger partial charge in [0, 0.05) is 47.8 Å². The number of rotatable bonds is 3. The van der Waals surface area contributed by atoms with Gasteiger partial charge in [0.05, 0.1) is 12.0 Å². The van der Waals surface area contributed by atoms with Crippen molar-refractivity contribution in [3.63, 3.8) is 0 Å². The first-order valence-electron chi connectivity index (χ1n) is 8.38. The molecule has 1 amide bonds. The van der Waals surface area contributed by atoms with Crippen molar-refractivity contribution in [3.05, 3.63) is 30.7 Å². The number of H-pyrrole nitrogens is 1. The number of anilines is 1. The lowest BCUT2D eigenvalue weighted by atomic mass is 9.96. The molecule has 1 saturated heterocycles. The number of aromatic nitrogens is 3. The zero-order valence-corrected chi connectivity index (χ0v) is 13.7. The minimum atomic E-state index is -0.122. The molecule has 0 bridgehead atoms. The number of hydrogen-bond donors (Lipinski definition) is 2. The second-order valence-electron chi connectivity index (χ2n) is 6.26. The Morgan fingerprint density at radius 2 is 2.36 bits per heavy atom. The molecule has 126 valence electrons. The predicted octanol–water partition coefficient (Wildman–Crippen LogP) is 1.97. The van der Waals surface area contributed by atoms with Crippen LogP contribution in [0.3, 0.4) is 0 Å². The van der Waals surface area contributed by atoms with Crippen molar-refractivity contribution in [2.24, 2.45) is 5.92 Å². The van der Waals surface area contributed by atoms with E-state index in [1.54, 1.807) is 6.20 Å². The quantitative estimate of drug-likeness (QED) is 0.714. The van der Waals surface area contributed by atoms with Crippen LogP contribution in [0, 0.1) is 17.2 Å². The van der Waals surface area contributed by atoms with Gasteiger partial charge in [0.1, 0.15) is 18.0 Å². The van der Waals surface area contributed by atoms with E-state index in [1.807, 2.05) is 30.6 Å². The average molecular weight is 334 g/mol. The molecular formula is C18H18N6O. The molecule has 1 fully saturated rings. The normalized spacial score (nSPS) is 17.6. The third-order valence-electron chi connectivity index (χ3n) is 4.72. The number of piperidine rings is 1. The van der Waals surface area contributed by atoms with E-state index in [1.165, 1.54) is 0 Å². The zero-order valence-electron chi connectivity index (χ0n) is 13.7. The molecule has 1 aliphatic heterocycles. The minimum absolute atomic E-state index is 0.0531. The molecule has 3 aromatic rings. The van der Waals surface area contributed by atoms with E-state index in [9.17, 15) is 4.79 Å². The van der Waals surface area contributed by atoms with Crippen LogP contribution in [0.2, 0.25) is 0 Å². The van der Waals surface area contributed by atoms with Gasteiger partial charge in [-0.15, -0.1) is 0 Å². The van der Waals surface area contributed by atoms with E-state index >= 15 is 0 Å². The number of nitrogens with zero attached hydrogens (tertiary/aromatic N) is 4. The summed E-state index contributed by atoms with van der Waals surface area (Å²) in [6.07, 6.45) is 7.27. The number of pyridine rings is 2. The Kier molecular flexibility index (Phi) is 3.94. The summed E-state index contributed by atoms with van der Waals surface area (Å²) >= 11 is 0. The number of nitriles is 1. The first kappa shape index (κ1) is 15.4. The Morgan fingerprint density at radius 1 is 1.44 bits per heavy atom. The second kappa shape index (κ2) is 6.40. The molecule has 7 nitrogen and oxygen atoms in total. The fourth-order valence-electron chi connectivity index (χ4n) is 3.55. The predicted molar refractivity (Wildman–Crippen MR) is 95.0 cm³/mol. The van der Waals surface area contributed by atoms with Gasteiger partial charge in [0.2, 0.25) is 5.91 Å². The summed E-state index contributed by atoms with van der Waals surface area (Å²) in [5.41, 5.74) is 0.835. The molecule has 0 radical (unpaired) electrons. The maximum Gasteiger partial charge on any atom is 0.225 e. The Labute approximate surface area is 144 Å². The van der Waals surface area contributed by atoms with Crippen LogP contribution < -0.4 is 10.2 Å². The number of aromatic amines is 1. The standard InChI is InChI=1S/C18H18N6O/c19-5-8-22-18(25)13-2-1-9-24(11-13)17-15-12(3-6-21-17)10-23-16-14(15)4-7-20-16/h3-4,6-7,10,13H,1-2,8-9,11H2,(H,20,23)(H,22,25). The largest absolute Gasteiger partial charge is 0.355 e. The molecule has 0 saturated carbocycles. The number of fused-ring (bicyclic) bond motifs is 3. The third kappa shape index (κ3) is 2.76. The lowest BCUT2D eigenvalue weighted by Crippen LogP contribution is -2.43. The number of nitrogens with one attached hydrogen (secondary N) is 2. The maximum atomic E-state index is 12.2. The summed E-state index contributed by atoms with van der Waals surface area (Å²) in [5.74, 6) is 0.713. The van der Waals surface area contributed by atoms with Crippen molar-refractivity contribution in [1.29, 1.82) is 5.26 Å². The zero-order chi connectivity index (χ0) is 17.2. The van der Waals surface area contributed by atoms with Crippen molar-refractivity contribution in [2.45, 2.75) is 12.8 Å². The lowest BCUT2D eigenvalue weighted by molar-refractivity contribution is -0.125. The van der Waals surface area contributed by atoms with Gasteiger partial charge in [0.15, 0.2) is 0 Å².